The van der Waals surface area contributed by atoms with E-state index in [9.17, 15) is 17.6 Å². The molecule has 0 aliphatic rings. The number of halogens is 2. The summed E-state index contributed by atoms with van der Waals surface area (Å²) in [5.41, 5.74) is 0.287. The summed E-state index contributed by atoms with van der Waals surface area (Å²) in [5.74, 6) is -0.561. The minimum atomic E-state index is -3.85. The van der Waals surface area contributed by atoms with Crippen LogP contribution in [0.25, 0.3) is 0 Å². The van der Waals surface area contributed by atoms with Gasteiger partial charge in [-0.05, 0) is 48.8 Å². The average molecular weight is 417 g/mol. The van der Waals surface area contributed by atoms with Crippen molar-refractivity contribution in [2.45, 2.75) is 17.4 Å². The molecule has 0 saturated heterocycles. The highest BCUT2D eigenvalue weighted by atomic mass is 35.5. The Bertz CT molecular complexity index is 864. The van der Waals surface area contributed by atoms with E-state index in [0.717, 1.165) is 6.07 Å². The van der Waals surface area contributed by atoms with Crippen LogP contribution in [-0.4, -0.2) is 32.4 Å². The van der Waals surface area contributed by atoms with Crippen LogP contribution in [0.5, 0.6) is 0 Å². The minimum Gasteiger partial charge on any atom is -0.325 e. The van der Waals surface area contributed by atoms with E-state index in [-0.39, 0.29) is 15.6 Å². The summed E-state index contributed by atoms with van der Waals surface area (Å²) in [4.78, 5) is 12.6. The van der Waals surface area contributed by atoms with Gasteiger partial charge in [0.15, 0.2) is 0 Å². The molecule has 1 amide bonds. The van der Waals surface area contributed by atoms with Gasteiger partial charge in [-0.3, -0.25) is 4.79 Å². The zero-order valence-electron chi connectivity index (χ0n) is 13.9. The first-order chi connectivity index (χ1) is 12.3. The third-order valence-corrected chi connectivity index (χ3v) is 5.89. The van der Waals surface area contributed by atoms with Crippen molar-refractivity contribution in [3.05, 3.63) is 59.4 Å². The van der Waals surface area contributed by atoms with Crippen molar-refractivity contribution >= 4 is 45.0 Å². The quantitative estimate of drug-likeness (QED) is 0.690. The van der Waals surface area contributed by atoms with E-state index in [1.165, 1.54) is 36.0 Å². The summed E-state index contributed by atoms with van der Waals surface area (Å²) < 4.78 is 40.6. The summed E-state index contributed by atoms with van der Waals surface area (Å²) in [5, 5.41) is 2.44. The highest BCUT2D eigenvalue weighted by Gasteiger charge is 2.25. The molecule has 2 N–H and O–H groups in total. The average Bonchev–Trinajstić information content (AvgIpc) is 2.62. The second-order valence-corrected chi connectivity index (χ2v) is 8.49. The van der Waals surface area contributed by atoms with Gasteiger partial charge in [-0.15, -0.1) is 0 Å². The maximum absolute atomic E-state index is 13.2. The van der Waals surface area contributed by atoms with Crippen LogP contribution in [0.3, 0.4) is 0 Å². The molecule has 140 valence electrons. The first-order valence-corrected chi connectivity index (χ1v) is 10.9. The Balaban J connectivity index is 2.17. The Hall–Kier alpha value is -1.61. The van der Waals surface area contributed by atoms with Crippen molar-refractivity contribution in [3.8, 4) is 0 Å². The second kappa shape index (κ2) is 9.36. The Kier molecular flexibility index (Phi) is 7.45. The summed E-state index contributed by atoms with van der Waals surface area (Å²) in [6, 6.07) is 10.6. The summed E-state index contributed by atoms with van der Waals surface area (Å²) in [6.07, 6.45) is 2.16. The number of hydrogen-bond acceptors (Lipinski definition) is 4. The lowest BCUT2D eigenvalue weighted by molar-refractivity contribution is -0.117. The van der Waals surface area contributed by atoms with Crippen molar-refractivity contribution in [1.29, 1.82) is 0 Å². The lowest BCUT2D eigenvalue weighted by Crippen LogP contribution is -2.44. The zero-order valence-corrected chi connectivity index (χ0v) is 16.3. The van der Waals surface area contributed by atoms with Crippen molar-refractivity contribution in [2.75, 3.05) is 17.3 Å². The van der Waals surface area contributed by atoms with E-state index >= 15 is 0 Å². The Labute approximate surface area is 161 Å². The second-order valence-electron chi connectivity index (χ2n) is 5.39. The molecule has 26 heavy (non-hydrogen) atoms. The fourth-order valence-corrected chi connectivity index (χ4v) is 4.04. The molecule has 0 heterocycles. The molecule has 0 spiro atoms. The molecule has 0 unspecified atom stereocenters. The molecule has 0 radical (unpaired) electrons. The number of nitrogens with one attached hydrogen (secondary N) is 2. The molecule has 0 bridgehead atoms. The first kappa shape index (κ1) is 20.7. The van der Waals surface area contributed by atoms with Crippen LogP contribution >= 0.6 is 23.4 Å². The third kappa shape index (κ3) is 5.70. The van der Waals surface area contributed by atoms with Crippen LogP contribution in [0.15, 0.2) is 53.4 Å². The number of carbonyl (C=O) groups is 1. The standard InChI is InChI=1S/C17H18ClFN2O3S2/c1-25-10-9-16(21-26(23,24)13-5-3-2-4-6-13)17(22)20-12-7-8-15(19)14(18)11-12/h2-8,11,16,21H,9-10H2,1H3,(H,20,22)/t16-/m1/s1. The molecule has 5 nitrogen and oxygen atoms in total. The van der Waals surface area contributed by atoms with Gasteiger partial charge < -0.3 is 5.32 Å². The molecule has 2 aromatic rings. The van der Waals surface area contributed by atoms with Crippen molar-refractivity contribution < 1.29 is 17.6 Å². The number of benzene rings is 2. The van der Waals surface area contributed by atoms with Crippen LogP contribution in [0.1, 0.15) is 6.42 Å². The Morgan fingerprint density at radius 1 is 1.23 bits per heavy atom. The van der Waals surface area contributed by atoms with E-state index < -0.39 is 27.8 Å². The Morgan fingerprint density at radius 3 is 2.54 bits per heavy atom. The predicted octanol–water partition coefficient (Wildman–Crippen LogP) is 3.52. The van der Waals surface area contributed by atoms with Crippen LogP contribution in [-0.2, 0) is 14.8 Å². The fraction of sp³-hybridized carbons (Fsp3) is 0.235. The van der Waals surface area contributed by atoms with Gasteiger partial charge in [-0.1, -0.05) is 29.8 Å². The van der Waals surface area contributed by atoms with Gasteiger partial charge in [0.2, 0.25) is 15.9 Å². The molecule has 0 saturated carbocycles. The van der Waals surface area contributed by atoms with Gasteiger partial charge in [0.05, 0.1) is 9.92 Å². The molecule has 0 aromatic heterocycles. The van der Waals surface area contributed by atoms with Crippen molar-refractivity contribution in [3.63, 3.8) is 0 Å². The minimum absolute atomic E-state index is 0.0757. The van der Waals surface area contributed by atoms with E-state index in [1.54, 1.807) is 18.2 Å². The topological polar surface area (TPSA) is 75.3 Å². The SMILES string of the molecule is CSCC[C@@H](NS(=O)(=O)c1ccccc1)C(=O)Nc1ccc(F)c(Cl)c1. The number of thioether (sulfide) groups is 1. The van der Waals surface area contributed by atoms with Gasteiger partial charge in [0.1, 0.15) is 11.9 Å². The smallest absolute Gasteiger partial charge is 0.242 e. The number of rotatable bonds is 8. The van der Waals surface area contributed by atoms with E-state index in [2.05, 4.69) is 10.0 Å². The van der Waals surface area contributed by atoms with Crippen molar-refractivity contribution in [2.24, 2.45) is 0 Å². The van der Waals surface area contributed by atoms with Gasteiger partial charge >= 0.3 is 0 Å². The molecule has 1 atom stereocenters. The maximum atomic E-state index is 13.2. The molecule has 2 rings (SSSR count). The summed E-state index contributed by atoms with van der Waals surface area (Å²) >= 11 is 7.20. The van der Waals surface area contributed by atoms with E-state index in [1.807, 2.05) is 6.26 Å². The number of carbonyl (C=O) groups excluding carboxylic acids is 1. The van der Waals surface area contributed by atoms with Crippen LogP contribution < -0.4 is 10.0 Å². The van der Waals surface area contributed by atoms with Gasteiger partial charge in [0, 0.05) is 5.69 Å². The lowest BCUT2D eigenvalue weighted by atomic mass is 10.2. The van der Waals surface area contributed by atoms with Gasteiger partial charge in [-0.2, -0.15) is 16.5 Å². The zero-order chi connectivity index (χ0) is 19.2. The van der Waals surface area contributed by atoms with Crippen LogP contribution in [0.4, 0.5) is 10.1 Å². The third-order valence-electron chi connectivity index (χ3n) is 3.47. The first-order valence-electron chi connectivity index (χ1n) is 7.65. The molecule has 0 aliphatic carbocycles. The highest BCUT2D eigenvalue weighted by Crippen LogP contribution is 2.20. The predicted molar refractivity (Wildman–Crippen MR) is 104 cm³/mol. The van der Waals surface area contributed by atoms with Gasteiger partial charge in [-0.25, -0.2) is 12.8 Å². The van der Waals surface area contributed by atoms with Crippen molar-refractivity contribution in [1.82, 2.24) is 4.72 Å². The van der Waals surface area contributed by atoms with E-state index in [4.69, 9.17) is 11.6 Å². The summed E-state index contributed by atoms with van der Waals surface area (Å²) in [6.45, 7) is 0. The monoisotopic (exact) mass is 416 g/mol. The molecular formula is C17H18ClFN2O3S2. The number of sulfonamides is 1. The maximum Gasteiger partial charge on any atom is 0.242 e. The molecule has 9 heteroatoms. The molecule has 0 fully saturated rings. The normalized spacial score (nSPS) is 12.6. The number of hydrogen-bond donors (Lipinski definition) is 2. The number of amides is 1. The van der Waals surface area contributed by atoms with Crippen LogP contribution in [0, 0.1) is 5.82 Å². The fourth-order valence-electron chi connectivity index (χ4n) is 2.14. The van der Waals surface area contributed by atoms with E-state index in [0.29, 0.717) is 12.2 Å². The Morgan fingerprint density at radius 2 is 1.92 bits per heavy atom. The molecular weight excluding hydrogens is 399 g/mol. The van der Waals surface area contributed by atoms with Gasteiger partial charge in [0.25, 0.3) is 0 Å². The molecule has 2 aromatic carbocycles. The number of anilines is 1. The highest BCUT2D eigenvalue weighted by molar-refractivity contribution is 7.98. The largest absolute Gasteiger partial charge is 0.325 e. The summed E-state index contributed by atoms with van der Waals surface area (Å²) in [7, 11) is -3.85. The van der Waals surface area contributed by atoms with Crippen LogP contribution in [0.2, 0.25) is 5.02 Å². The molecule has 0 aliphatic heterocycles. The lowest BCUT2D eigenvalue weighted by Gasteiger charge is -2.18.